The van der Waals surface area contributed by atoms with Crippen molar-refractivity contribution in [1.29, 1.82) is 0 Å². The standard InChI is InChI=1S/C18H37N/c1-7-11-19-17(13-15(3)18(4,5)6)16-10-8-9-14(2)12-16/h14-17,19H,7-13H2,1-6H3. The maximum atomic E-state index is 3.86. The highest BCUT2D eigenvalue weighted by molar-refractivity contribution is 4.85. The molecule has 0 aromatic heterocycles. The second-order valence-electron chi connectivity index (χ2n) is 8.10. The van der Waals surface area contributed by atoms with Crippen molar-refractivity contribution in [3.8, 4) is 0 Å². The fourth-order valence-corrected chi connectivity index (χ4v) is 3.35. The highest BCUT2D eigenvalue weighted by Gasteiger charge is 2.30. The Labute approximate surface area is 121 Å². The molecular formula is C18H37N. The van der Waals surface area contributed by atoms with E-state index in [1.807, 2.05) is 0 Å². The van der Waals surface area contributed by atoms with Gasteiger partial charge in [0.1, 0.15) is 0 Å². The maximum Gasteiger partial charge on any atom is 0.00981 e. The Bertz CT molecular complexity index is 241. The van der Waals surface area contributed by atoms with E-state index < -0.39 is 0 Å². The van der Waals surface area contributed by atoms with Gasteiger partial charge in [-0.25, -0.2) is 0 Å². The Morgan fingerprint density at radius 1 is 1.21 bits per heavy atom. The molecule has 1 rings (SSSR count). The van der Waals surface area contributed by atoms with Gasteiger partial charge >= 0.3 is 0 Å². The molecule has 0 radical (unpaired) electrons. The molecule has 0 amide bonds. The van der Waals surface area contributed by atoms with Gasteiger partial charge in [0.25, 0.3) is 0 Å². The third kappa shape index (κ3) is 5.85. The van der Waals surface area contributed by atoms with Crippen LogP contribution in [0, 0.1) is 23.2 Å². The first-order valence-corrected chi connectivity index (χ1v) is 8.58. The minimum Gasteiger partial charge on any atom is -0.314 e. The smallest absolute Gasteiger partial charge is 0.00981 e. The lowest BCUT2D eigenvalue weighted by Crippen LogP contribution is -2.41. The monoisotopic (exact) mass is 267 g/mol. The van der Waals surface area contributed by atoms with Gasteiger partial charge in [0.15, 0.2) is 0 Å². The Kier molecular flexibility index (Phi) is 6.86. The number of nitrogens with one attached hydrogen (secondary N) is 1. The van der Waals surface area contributed by atoms with E-state index in [1.54, 1.807) is 0 Å². The van der Waals surface area contributed by atoms with Crippen LogP contribution in [-0.2, 0) is 0 Å². The van der Waals surface area contributed by atoms with E-state index in [4.69, 9.17) is 0 Å². The molecule has 0 spiro atoms. The highest BCUT2D eigenvalue weighted by Crippen LogP contribution is 2.36. The van der Waals surface area contributed by atoms with E-state index in [0.29, 0.717) is 5.41 Å². The summed E-state index contributed by atoms with van der Waals surface area (Å²) < 4.78 is 0. The molecule has 1 aliphatic carbocycles. The third-order valence-corrected chi connectivity index (χ3v) is 5.29. The summed E-state index contributed by atoms with van der Waals surface area (Å²) in [5, 5.41) is 3.86. The lowest BCUT2D eigenvalue weighted by atomic mass is 9.72. The van der Waals surface area contributed by atoms with Crippen LogP contribution in [0.4, 0.5) is 0 Å². The Morgan fingerprint density at radius 2 is 1.89 bits per heavy atom. The van der Waals surface area contributed by atoms with Gasteiger partial charge in [-0.2, -0.15) is 0 Å². The molecule has 114 valence electrons. The molecule has 4 unspecified atom stereocenters. The first-order valence-electron chi connectivity index (χ1n) is 8.58. The van der Waals surface area contributed by atoms with E-state index >= 15 is 0 Å². The molecule has 0 aromatic carbocycles. The van der Waals surface area contributed by atoms with E-state index in [9.17, 15) is 0 Å². The van der Waals surface area contributed by atoms with Gasteiger partial charge in [-0.05, 0) is 55.4 Å². The fourth-order valence-electron chi connectivity index (χ4n) is 3.35. The lowest BCUT2D eigenvalue weighted by Gasteiger charge is -2.38. The van der Waals surface area contributed by atoms with E-state index in [2.05, 4.69) is 46.9 Å². The Hall–Kier alpha value is -0.0400. The molecule has 1 aliphatic rings. The van der Waals surface area contributed by atoms with E-state index in [1.165, 1.54) is 45.1 Å². The molecule has 0 aromatic rings. The third-order valence-electron chi connectivity index (χ3n) is 5.29. The predicted molar refractivity (Wildman–Crippen MR) is 86.4 cm³/mol. The minimum atomic E-state index is 0.437. The summed E-state index contributed by atoms with van der Waals surface area (Å²) >= 11 is 0. The molecule has 1 N–H and O–H groups in total. The normalized spacial score (nSPS) is 28.1. The average molecular weight is 268 g/mol. The maximum absolute atomic E-state index is 3.86. The molecule has 1 heteroatoms. The molecule has 1 nitrogen and oxygen atoms in total. The van der Waals surface area contributed by atoms with Crippen LogP contribution in [0.15, 0.2) is 0 Å². The molecule has 0 heterocycles. The van der Waals surface area contributed by atoms with E-state index in [0.717, 1.165) is 23.8 Å². The average Bonchev–Trinajstić information content (AvgIpc) is 2.33. The van der Waals surface area contributed by atoms with E-state index in [-0.39, 0.29) is 0 Å². The van der Waals surface area contributed by atoms with Crippen molar-refractivity contribution in [3.05, 3.63) is 0 Å². The lowest BCUT2D eigenvalue weighted by molar-refractivity contribution is 0.161. The number of hydrogen-bond acceptors (Lipinski definition) is 1. The number of rotatable bonds is 6. The SMILES string of the molecule is CCCNC(CC(C)C(C)(C)C)C1CCCC(C)C1. The zero-order valence-corrected chi connectivity index (χ0v) is 14.3. The molecular weight excluding hydrogens is 230 g/mol. The van der Waals surface area contributed by atoms with Gasteiger partial charge in [-0.3, -0.25) is 0 Å². The second kappa shape index (κ2) is 7.67. The zero-order chi connectivity index (χ0) is 14.5. The zero-order valence-electron chi connectivity index (χ0n) is 14.3. The van der Waals surface area contributed by atoms with Crippen LogP contribution in [0.5, 0.6) is 0 Å². The summed E-state index contributed by atoms with van der Waals surface area (Å²) in [7, 11) is 0. The Morgan fingerprint density at radius 3 is 2.42 bits per heavy atom. The van der Waals surface area contributed by atoms with Gasteiger partial charge < -0.3 is 5.32 Å². The molecule has 1 fully saturated rings. The van der Waals surface area contributed by atoms with Gasteiger partial charge in [0.2, 0.25) is 0 Å². The summed E-state index contributed by atoms with van der Waals surface area (Å²) in [6, 6.07) is 0.747. The van der Waals surface area contributed by atoms with Crippen molar-refractivity contribution in [3.63, 3.8) is 0 Å². The molecule has 4 atom stereocenters. The van der Waals surface area contributed by atoms with Crippen molar-refractivity contribution in [2.24, 2.45) is 23.2 Å². The summed E-state index contributed by atoms with van der Waals surface area (Å²) in [4.78, 5) is 0. The Balaban J connectivity index is 2.60. The van der Waals surface area contributed by atoms with Crippen LogP contribution in [0.1, 0.15) is 80.1 Å². The van der Waals surface area contributed by atoms with Crippen LogP contribution in [0.25, 0.3) is 0 Å². The molecule has 0 bridgehead atoms. The summed E-state index contributed by atoms with van der Waals surface area (Å²) in [6.07, 6.45) is 8.39. The molecule has 0 aliphatic heterocycles. The van der Waals surface area contributed by atoms with Crippen LogP contribution >= 0.6 is 0 Å². The summed E-state index contributed by atoms with van der Waals surface area (Å²) in [6.45, 7) is 15.5. The fraction of sp³-hybridized carbons (Fsp3) is 1.00. The van der Waals surface area contributed by atoms with Gasteiger partial charge in [-0.15, -0.1) is 0 Å². The van der Waals surface area contributed by atoms with Crippen molar-refractivity contribution in [2.45, 2.75) is 86.1 Å². The van der Waals surface area contributed by atoms with Gasteiger partial charge in [0, 0.05) is 6.04 Å². The quantitative estimate of drug-likeness (QED) is 0.693. The van der Waals surface area contributed by atoms with Crippen molar-refractivity contribution in [2.75, 3.05) is 6.54 Å². The number of hydrogen-bond donors (Lipinski definition) is 1. The molecule has 1 saturated carbocycles. The van der Waals surface area contributed by atoms with Crippen molar-refractivity contribution in [1.82, 2.24) is 5.32 Å². The highest BCUT2D eigenvalue weighted by atomic mass is 14.9. The summed E-state index contributed by atoms with van der Waals surface area (Å²) in [5.74, 6) is 2.65. The topological polar surface area (TPSA) is 12.0 Å². The van der Waals surface area contributed by atoms with Gasteiger partial charge in [0.05, 0.1) is 0 Å². The van der Waals surface area contributed by atoms with Crippen LogP contribution in [0.2, 0.25) is 0 Å². The molecule has 0 saturated heterocycles. The second-order valence-corrected chi connectivity index (χ2v) is 8.10. The molecule has 19 heavy (non-hydrogen) atoms. The van der Waals surface area contributed by atoms with Crippen LogP contribution < -0.4 is 5.32 Å². The van der Waals surface area contributed by atoms with Crippen molar-refractivity contribution < 1.29 is 0 Å². The van der Waals surface area contributed by atoms with Crippen LogP contribution in [-0.4, -0.2) is 12.6 Å². The van der Waals surface area contributed by atoms with Gasteiger partial charge in [-0.1, -0.05) is 54.4 Å². The first-order chi connectivity index (χ1) is 8.84. The largest absolute Gasteiger partial charge is 0.314 e. The van der Waals surface area contributed by atoms with Crippen LogP contribution in [0.3, 0.4) is 0 Å². The predicted octanol–water partition coefficient (Wildman–Crippen LogP) is 5.25. The summed E-state index contributed by atoms with van der Waals surface area (Å²) in [5.41, 5.74) is 0.437. The van der Waals surface area contributed by atoms with Crippen molar-refractivity contribution >= 4 is 0 Å². The first kappa shape index (κ1) is 17.0. The minimum absolute atomic E-state index is 0.437.